The van der Waals surface area contributed by atoms with Gasteiger partial charge in [0, 0.05) is 22.1 Å². The average molecular weight is 297 g/mol. The minimum absolute atomic E-state index is 0.00546. The van der Waals surface area contributed by atoms with Crippen molar-refractivity contribution >= 4 is 16.6 Å². The second-order valence-electron chi connectivity index (χ2n) is 4.09. The molecule has 0 aliphatic heterocycles. The smallest absolute Gasteiger partial charge is 0.417 e. The number of fused-ring (bicyclic) bond motifs is 1. The molecular formula is C12H10F3N5O. The van der Waals surface area contributed by atoms with Crippen LogP contribution < -0.4 is 10.5 Å². The van der Waals surface area contributed by atoms with E-state index in [4.69, 9.17) is 16.0 Å². The van der Waals surface area contributed by atoms with Gasteiger partial charge < -0.3 is 10.5 Å². The highest BCUT2D eigenvalue weighted by molar-refractivity contribution is 5.86. The first-order valence-corrected chi connectivity index (χ1v) is 5.83. The van der Waals surface area contributed by atoms with Crippen molar-refractivity contribution in [3.05, 3.63) is 40.3 Å². The van der Waals surface area contributed by atoms with Crippen LogP contribution in [0.2, 0.25) is 0 Å². The lowest BCUT2D eigenvalue weighted by atomic mass is 10.1. The van der Waals surface area contributed by atoms with Crippen molar-refractivity contribution in [2.75, 3.05) is 18.9 Å². The van der Waals surface area contributed by atoms with Gasteiger partial charge in [-0.05, 0) is 17.7 Å². The summed E-state index contributed by atoms with van der Waals surface area (Å²) in [6.07, 6.45) is -4.54. The van der Waals surface area contributed by atoms with E-state index in [1.807, 2.05) is 0 Å². The third kappa shape index (κ3) is 3.46. The standard InChI is InChI=1S/C12H10F3N5O/c13-12(14,15)9-6-11(21-4-3-18-20-17)19-10-5-7(16)1-2-8(9)10/h1-2,5-6H,3-4,16H2. The van der Waals surface area contributed by atoms with Crippen LogP contribution in [0.25, 0.3) is 21.3 Å². The van der Waals surface area contributed by atoms with Crippen molar-refractivity contribution in [2.24, 2.45) is 5.11 Å². The van der Waals surface area contributed by atoms with Gasteiger partial charge in [0.1, 0.15) is 0 Å². The number of pyridine rings is 1. The van der Waals surface area contributed by atoms with Gasteiger partial charge in [-0.1, -0.05) is 11.2 Å². The van der Waals surface area contributed by atoms with Crippen LogP contribution in [0.1, 0.15) is 5.56 Å². The summed E-state index contributed by atoms with van der Waals surface area (Å²) in [6.45, 7) is -0.0727. The van der Waals surface area contributed by atoms with E-state index < -0.39 is 11.7 Å². The summed E-state index contributed by atoms with van der Waals surface area (Å²) in [5.74, 6) is -0.200. The Kier molecular flexibility index (Phi) is 4.04. The number of nitrogen functional groups attached to an aromatic ring is 1. The molecule has 0 unspecified atom stereocenters. The maximum atomic E-state index is 13.1. The van der Waals surface area contributed by atoms with Crippen LogP contribution in [0.15, 0.2) is 29.4 Å². The number of benzene rings is 1. The summed E-state index contributed by atoms with van der Waals surface area (Å²) in [5.41, 5.74) is 13.2. The lowest BCUT2D eigenvalue weighted by Crippen LogP contribution is -2.09. The SMILES string of the molecule is [N-]=[N+]=NCCOc1cc(C(F)(F)F)c2ccc(N)cc2n1. The van der Waals surface area contributed by atoms with Crippen molar-refractivity contribution in [1.29, 1.82) is 0 Å². The van der Waals surface area contributed by atoms with E-state index >= 15 is 0 Å². The molecule has 0 saturated heterocycles. The summed E-state index contributed by atoms with van der Waals surface area (Å²) in [5, 5.41) is 3.16. The second-order valence-corrected chi connectivity index (χ2v) is 4.09. The van der Waals surface area contributed by atoms with E-state index in [1.54, 1.807) is 0 Å². The summed E-state index contributed by atoms with van der Waals surface area (Å²) < 4.78 is 44.3. The Bertz CT molecular complexity index is 710. The third-order valence-electron chi connectivity index (χ3n) is 2.62. The van der Waals surface area contributed by atoms with E-state index in [2.05, 4.69) is 15.0 Å². The first-order valence-electron chi connectivity index (χ1n) is 5.83. The largest absolute Gasteiger partial charge is 0.477 e. The third-order valence-corrected chi connectivity index (χ3v) is 2.62. The van der Waals surface area contributed by atoms with Crippen LogP contribution in [-0.2, 0) is 6.18 Å². The summed E-state index contributed by atoms with van der Waals surface area (Å²) in [7, 11) is 0. The number of anilines is 1. The Morgan fingerprint density at radius 1 is 1.33 bits per heavy atom. The fourth-order valence-corrected chi connectivity index (χ4v) is 1.77. The van der Waals surface area contributed by atoms with Gasteiger partial charge in [-0.25, -0.2) is 4.98 Å². The Hall–Kier alpha value is -2.67. The van der Waals surface area contributed by atoms with Crippen molar-refractivity contribution in [1.82, 2.24) is 4.98 Å². The number of hydrogen-bond donors (Lipinski definition) is 1. The lowest BCUT2D eigenvalue weighted by molar-refractivity contribution is -0.136. The van der Waals surface area contributed by atoms with Crippen molar-refractivity contribution in [3.8, 4) is 5.88 Å². The molecule has 0 fully saturated rings. The van der Waals surface area contributed by atoms with E-state index in [9.17, 15) is 13.2 Å². The monoisotopic (exact) mass is 297 g/mol. The molecule has 0 spiro atoms. The molecule has 0 aliphatic carbocycles. The average Bonchev–Trinajstić information content (AvgIpc) is 2.41. The number of nitrogens with two attached hydrogens (primary N) is 1. The van der Waals surface area contributed by atoms with Gasteiger partial charge in [0.2, 0.25) is 5.88 Å². The molecule has 21 heavy (non-hydrogen) atoms. The highest BCUT2D eigenvalue weighted by Gasteiger charge is 2.33. The molecule has 0 saturated carbocycles. The number of ether oxygens (including phenoxy) is 1. The molecule has 0 aliphatic rings. The minimum atomic E-state index is -4.54. The number of alkyl halides is 3. The molecular weight excluding hydrogens is 287 g/mol. The highest BCUT2D eigenvalue weighted by atomic mass is 19.4. The molecule has 2 aromatic rings. The molecule has 1 heterocycles. The summed E-state index contributed by atoms with van der Waals surface area (Å²) >= 11 is 0. The van der Waals surface area contributed by atoms with Crippen LogP contribution in [0.3, 0.4) is 0 Å². The number of aromatic nitrogens is 1. The Morgan fingerprint density at radius 3 is 2.76 bits per heavy atom. The maximum absolute atomic E-state index is 13.1. The van der Waals surface area contributed by atoms with Gasteiger partial charge >= 0.3 is 6.18 Å². The van der Waals surface area contributed by atoms with Crippen molar-refractivity contribution in [3.63, 3.8) is 0 Å². The molecule has 0 atom stereocenters. The van der Waals surface area contributed by atoms with Gasteiger partial charge in [-0.3, -0.25) is 0 Å². The topological polar surface area (TPSA) is 96.9 Å². The van der Waals surface area contributed by atoms with Crippen LogP contribution >= 0.6 is 0 Å². The van der Waals surface area contributed by atoms with Crippen molar-refractivity contribution < 1.29 is 17.9 Å². The van der Waals surface area contributed by atoms with Gasteiger partial charge in [0.05, 0.1) is 24.2 Å². The van der Waals surface area contributed by atoms with E-state index in [0.717, 1.165) is 6.07 Å². The number of rotatable bonds is 4. The van der Waals surface area contributed by atoms with Crippen LogP contribution in [0.5, 0.6) is 5.88 Å². The zero-order valence-electron chi connectivity index (χ0n) is 10.6. The molecule has 110 valence electrons. The van der Waals surface area contributed by atoms with E-state index in [0.29, 0.717) is 5.69 Å². The fourth-order valence-electron chi connectivity index (χ4n) is 1.77. The first kappa shape index (κ1) is 14.7. The molecule has 0 amide bonds. The van der Waals surface area contributed by atoms with Gasteiger partial charge in [0.15, 0.2) is 0 Å². The van der Waals surface area contributed by atoms with Gasteiger partial charge in [0.25, 0.3) is 0 Å². The Balaban J connectivity index is 2.45. The van der Waals surface area contributed by atoms with Crippen LogP contribution in [0.4, 0.5) is 18.9 Å². The molecule has 1 aromatic carbocycles. The van der Waals surface area contributed by atoms with Crippen LogP contribution in [0, 0.1) is 0 Å². The molecule has 0 bridgehead atoms. The first-order chi connectivity index (χ1) is 9.91. The number of azide groups is 1. The highest BCUT2D eigenvalue weighted by Crippen LogP contribution is 2.36. The maximum Gasteiger partial charge on any atom is 0.417 e. The summed E-state index contributed by atoms with van der Waals surface area (Å²) in [4.78, 5) is 6.48. The predicted molar refractivity (Wildman–Crippen MR) is 70.7 cm³/mol. The summed E-state index contributed by atoms with van der Waals surface area (Å²) in [6, 6.07) is 4.80. The van der Waals surface area contributed by atoms with Gasteiger partial charge in [-0.2, -0.15) is 13.2 Å². The zero-order valence-corrected chi connectivity index (χ0v) is 10.6. The van der Waals surface area contributed by atoms with Crippen molar-refractivity contribution in [2.45, 2.75) is 6.18 Å². The molecule has 9 heteroatoms. The van der Waals surface area contributed by atoms with Crippen LogP contribution in [-0.4, -0.2) is 18.1 Å². The van der Waals surface area contributed by atoms with E-state index in [-0.39, 0.29) is 29.9 Å². The number of nitrogens with zero attached hydrogens (tertiary/aromatic N) is 4. The molecule has 1 aromatic heterocycles. The quantitative estimate of drug-likeness (QED) is 0.307. The second kappa shape index (κ2) is 5.76. The predicted octanol–water partition coefficient (Wildman–Crippen LogP) is 3.52. The minimum Gasteiger partial charge on any atom is -0.477 e. The molecule has 6 nitrogen and oxygen atoms in total. The lowest BCUT2D eigenvalue weighted by Gasteiger charge is -2.13. The Morgan fingerprint density at radius 2 is 2.10 bits per heavy atom. The number of halogens is 3. The van der Waals surface area contributed by atoms with E-state index in [1.165, 1.54) is 18.2 Å². The normalized spacial score (nSPS) is 11.2. The Labute approximate surface area is 117 Å². The zero-order chi connectivity index (χ0) is 15.5. The van der Waals surface area contributed by atoms with Gasteiger partial charge in [-0.15, -0.1) is 0 Å². The molecule has 2 rings (SSSR count). The number of hydrogen-bond acceptors (Lipinski definition) is 4. The molecule has 0 radical (unpaired) electrons. The fraction of sp³-hybridized carbons (Fsp3) is 0.250. The molecule has 2 N–H and O–H groups in total.